The van der Waals surface area contributed by atoms with Gasteiger partial charge in [-0.15, -0.1) is 0 Å². The number of hydrogen-bond donors (Lipinski definition) is 0. The molecule has 0 fully saturated rings. The molecule has 4 nitrogen and oxygen atoms in total. The fraction of sp³-hybridized carbons (Fsp3) is 0.360. The Balaban J connectivity index is 2.36. The van der Waals surface area contributed by atoms with Gasteiger partial charge in [0.15, 0.2) is 5.76 Å². The summed E-state index contributed by atoms with van der Waals surface area (Å²) in [4.78, 5) is 26.6. The zero-order valence-electron chi connectivity index (χ0n) is 18.3. The van der Waals surface area contributed by atoms with Crippen molar-refractivity contribution >= 4 is 17.8 Å². The van der Waals surface area contributed by atoms with E-state index in [-0.39, 0.29) is 17.1 Å². The molecule has 0 aliphatic carbocycles. The van der Waals surface area contributed by atoms with Crippen molar-refractivity contribution in [3.05, 3.63) is 76.5 Å². The number of benzene rings is 2. The van der Waals surface area contributed by atoms with E-state index in [1.165, 1.54) is 10.5 Å². The van der Waals surface area contributed by atoms with Gasteiger partial charge in [0.1, 0.15) is 0 Å². The number of hydrogen-bond acceptors (Lipinski definition) is 3. The van der Waals surface area contributed by atoms with Gasteiger partial charge in [0.05, 0.1) is 6.61 Å². The second kappa shape index (κ2) is 9.55. The summed E-state index contributed by atoms with van der Waals surface area (Å²) in [6.07, 6.45) is 2.61. The minimum atomic E-state index is -0.191. The summed E-state index contributed by atoms with van der Waals surface area (Å²) in [5.74, 6) is 0.0223. The Labute approximate surface area is 174 Å². The monoisotopic (exact) mass is 393 g/mol. The van der Waals surface area contributed by atoms with Crippen LogP contribution in [-0.2, 0) is 10.2 Å². The van der Waals surface area contributed by atoms with Crippen LogP contribution in [0.1, 0.15) is 66.0 Å². The summed E-state index contributed by atoms with van der Waals surface area (Å²) in [7, 11) is 3.40. The third-order valence-corrected chi connectivity index (χ3v) is 4.54. The molecular weight excluding hydrogens is 362 g/mol. The van der Waals surface area contributed by atoms with E-state index >= 15 is 0 Å². The molecule has 0 saturated heterocycles. The molecule has 4 heteroatoms. The molecule has 0 aliphatic heterocycles. The number of Topliss-reactive ketones (excluding diaryl/α,β-unsaturated/α-hetero) is 1. The van der Waals surface area contributed by atoms with Crippen molar-refractivity contribution in [3.8, 4) is 0 Å². The standard InChI is InChI=1S/C25H31NO3/c1-7-15-29-22(17-18-9-8-10-21(16-18)25(2,3)4)23(27)19-11-13-20(14-12-19)24(28)26(5)6/h8-14,16-17H,7,15H2,1-6H3. The van der Waals surface area contributed by atoms with Crippen LogP contribution in [0.3, 0.4) is 0 Å². The molecule has 0 aromatic heterocycles. The average Bonchev–Trinajstić information content (AvgIpc) is 2.69. The fourth-order valence-electron chi connectivity index (χ4n) is 2.80. The van der Waals surface area contributed by atoms with Gasteiger partial charge in [0.2, 0.25) is 5.78 Å². The highest BCUT2D eigenvalue weighted by molar-refractivity contribution is 6.10. The van der Waals surface area contributed by atoms with Gasteiger partial charge in [0.25, 0.3) is 5.91 Å². The third kappa shape index (κ3) is 6.05. The molecule has 0 spiro atoms. The van der Waals surface area contributed by atoms with E-state index in [1.54, 1.807) is 44.4 Å². The smallest absolute Gasteiger partial charge is 0.253 e. The van der Waals surface area contributed by atoms with E-state index in [0.29, 0.717) is 23.5 Å². The molecule has 1 amide bonds. The Bertz CT molecular complexity index is 887. The van der Waals surface area contributed by atoms with Crippen molar-refractivity contribution in [3.63, 3.8) is 0 Å². The van der Waals surface area contributed by atoms with Gasteiger partial charge < -0.3 is 9.64 Å². The Morgan fingerprint density at radius 3 is 2.17 bits per heavy atom. The maximum Gasteiger partial charge on any atom is 0.253 e. The van der Waals surface area contributed by atoms with E-state index in [1.807, 2.05) is 19.1 Å². The predicted octanol–water partition coefficient (Wildman–Crippen LogP) is 5.34. The third-order valence-electron chi connectivity index (χ3n) is 4.54. The molecule has 0 bridgehead atoms. The van der Waals surface area contributed by atoms with Crippen LogP contribution in [0.25, 0.3) is 6.08 Å². The molecule has 2 aromatic carbocycles. The predicted molar refractivity (Wildman–Crippen MR) is 118 cm³/mol. The largest absolute Gasteiger partial charge is 0.489 e. The molecule has 0 radical (unpaired) electrons. The lowest BCUT2D eigenvalue weighted by Gasteiger charge is -2.19. The van der Waals surface area contributed by atoms with E-state index in [4.69, 9.17) is 4.74 Å². The zero-order valence-corrected chi connectivity index (χ0v) is 18.3. The number of rotatable bonds is 7. The number of allylic oxidation sites excluding steroid dienone is 1. The summed E-state index contributed by atoms with van der Waals surface area (Å²) in [6, 6.07) is 14.8. The first-order valence-corrected chi connectivity index (χ1v) is 9.95. The lowest BCUT2D eigenvalue weighted by molar-refractivity contribution is 0.0826. The van der Waals surface area contributed by atoms with Crippen molar-refractivity contribution in [1.82, 2.24) is 4.90 Å². The van der Waals surface area contributed by atoms with Crippen molar-refractivity contribution in [2.45, 2.75) is 39.5 Å². The number of carbonyl (C=O) groups excluding carboxylic acids is 2. The van der Waals surface area contributed by atoms with Crippen LogP contribution >= 0.6 is 0 Å². The molecule has 154 valence electrons. The molecular formula is C25H31NO3. The Morgan fingerprint density at radius 1 is 1.00 bits per heavy atom. The zero-order chi connectivity index (χ0) is 21.6. The van der Waals surface area contributed by atoms with Gasteiger partial charge in [-0.2, -0.15) is 0 Å². The fourth-order valence-corrected chi connectivity index (χ4v) is 2.80. The Kier molecular flexibility index (Phi) is 7.38. The molecule has 0 unspecified atom stereocenters. The van der Waals surface area contributed by atoms with Crippen LogP contribution in [0.15, 0.2) is 54.3 Å². The first-order valence-electron chi connectivity index (χ1n) is 9.95. The van der Waals surface area contributed by atoms with Gasteiger partial charge in [-0.3, -0.25) is 9.59 Å². The van der Waals surface area contributed by atoms with Crippen molar-refractivity contribution in [2.75, 3.05) is 20.7 Å². The molecule has 2 aromatic rings. The highest BCUT2D eigenvalue weighted by Crippen LogP contribution is 2.24. The number of ether oxygens (including phenoxy) is 1. The number of carbonyl (C=O) groups is 2. The second-order valence-electron chi connectivity index (χ2n) is 8.34. The number of nitrogens with zero attached hydrogens (tertiary/aromatic N) is 1. The van der Waals surface area contributed by atoms with Crippen molar-refractivity contribution < 1.29 is 14.3 Å². The molecule has 0 heterocycles. The lowest BCUT2D eigenvalue weighted by atomic mass is 9.86. The summed E-state index contributed by atoms with van der Waals surface area (Å²) in [5, 5.41) is 0. The Hall–Kier alpha value is -2.88. The quantitative estimate of drug-likeness (QED) is 0.362. The van der Waals surface area contributed by atoms with E-state index in [9.17, 15) is 9.59 Å². The van der Waals surface area contributed by atoms with Crippen molar-refractivity contribution in [1.29, 1.82) is 0 Å². The summed E-state index contributed by atoms with van der Waals surface area (Å²) in [6.45, 7) is 8.95. The van der Waals surface area contributed by atoms with Crippen LogP contribution in [0.5, 0.6) is 0 Å². The lowest BCUT2D eigenvalue weighted by Crippen LogP contribution is -2.21. The van der Waals surface area contributed by atoms with Gasteiger partial charge >= 0.3 is 0 Å². The van der Waals surface area contributed by atoms with E-state index in [0.717, 1.165) is 12.0 Å². The maximum absolute atomic E-state index is 13.1. The normalized spacial score (nSPS) is 11.9. The van der Waals surface area contributed by atoms with Gasteiger partial charge in [-0.05, 0) is 41.2 Å². The first-order chi connectivity index (χ1) is 13.6. The van der Waals surface area contributed by atoms with Crippen LogP contribution < -0.4 is 0 Å². The molecule has 0 saturated carbocycles. The summed E-state index contributed by atoms with van der Waals surface area (Å²) in [5.41, 5.74) is 3.18. The highest BCUT2D eigenvalue weighted by atomic mass is 16.5. The minimum Gasteiger partial charge on any atom is -0.489 e. The average molecular weight is 394 g/mol. The second-order valence-corrected chi connectivity index (χ2v) is 8.34. The molecule has 0 atom stereocenters. The molecule has 0 N–H and O–H groups in total. The maximum atomic E-state index is 13.1. The van der Waals surface area contributed by atoms with Crippen molar-refractivity contribution in [2.24, 2.45) is 0 Å². The van der Waals surface area contributed by atoms with E-state index < -0.39 is 0 Å². The topological polar surface area (TPSA) is 46.6 Å². The molecule has 0 aliphatic rings. The van der Waals surface area contributed by atoms with Crippen LogP contribution in [0.4, 0.5) is 0 Å². The number of ketones is 1. The summed E-state index contributed by atoms with van der Waals surface area (Å²) < 4.78 is 5.79. The van der Waals surface area contributed by atoms with Crippen LogP contribution in [-0.4, -0.2) is 37.3 Å². The SMILES string of the molecule is CCCOC(=Cc1cccc(C(C)(C)C)c1)C(=O)c1ccc(C(=O)N(C)C)cc1. The van der Waals surface area contributed by atoms with Gasteiger partial charge in [-0.1, -0.05) is 64.1 Å². The first kappa shape index (κ1) is 22.4. The van der Waals surface area contributed by atoms with E-state index in [2.05, 4.69) is 32.9 Å². The summed E-state index contributed by atoms with van der Waals surface area (Å²) >= 11 is 0. The molecule has 2 rings (SSSR count). The Morgan fingerprint density at radius 2 is 1.62 bits per heavy atom. The highest BCUT2D eigenvalue weighted by Gasteiger charge is 2.17. The minimum absolute atomic E-state index is 0.0209. The van der Waals surface area contributed by atoms with Crippen LogP contribution in [0, 0.1) is 0 Å². The van der Waals surface area contributed by atoms with Crippen LogP contribution in [0.2, 0.25) is 0 Å². The van der Waals surface area contributed by atoms with Gasteiger partial charge in [-0.25, -0.2) is 0 Å². The van der Waals surface area contributed by atoms with Gasteiger partial charge in [0, 0.05) is 25.2 Å². The molecule has 29 heavy (non-hydrogen) atoms. The number of amides is 1.